The van der Waals surface area contributed by atoms with Crippen molar-refractivity contribution in [2.75, 3.05) is 5.32 Å². The zero-order valence-electron chi connectivity index (χ0n) is 10.4. The van der Waals surface area contributed by atoms with Crippen molar-refractivity contribution in [2.45, 2.75) is 13.0 Å². The van der Waals surface area contributed by atoms with Crippen molar-refractivity contribution in [2.24, 2.45) is 0 Å². The fourth-order valence-corrected chi connectivity index (χ4v) is 2.51. The monoisotopic (exact) mass is 335 g/mol. The third-order valence-corrected chi connectivity index (χ3v) is 3.72. The van der Waals surface area contributed by atoms with Gasteiger partial charge in [0, 0.05) is 10.7 Å². The first-order valence-corrected chi connectivity index (χ1v) is 6.88. The summed E-state index contributed by atoms with van der Waals surface area (Å²) in [7, 11) is 0. The van der Waals surface area contributed by atoms with Crippen LogP contribution >= 0.6 is 34.8 Å². The molecule has 106 valence electrons. The van der Waals surface area contributed by atoms with Crippen LogP contribution in [0.25, 0.3) is 0 Å². The lowest BCUT2D eigenvalue weighted by Crippen LogP contribution is -2.08. The van der Waals surface area contributed by atoms with E-state index in [2.05, 4.69) is 5.32 Å². The second-order valence-corrected chi connectivity index (χ2v) is 5.50. The van der Waals surface area contributed by atoms with E-state index in [4.69, 9.17) is 34.8 Å². The minimum absolute atomic E-state index is 0.00980. The summed E-state index contributed by atoms with van der Waals surface area (Å²) in [5.41, 5.74) is 1.16. The zero-order chi connectivity index (χ0) is 14.9. The highest BCUT2D eigenvalue weighted by atomic mass is 35.5. The van der Waals surface area contributed by atoms with Gasteiger partial charge in [0.15, 0.2) is 0 Å². The Labute approximate surface area is 130 Å². The highest BCUT2D eigenvalue weighted by molar-refractivity contribution is 6.35. The molecule has 0 fully saturated rings. The van der Waals surface area contributed by atoms with Crippen LogP contribution in [0.3, 0.4) is 0 Å². The van der Waals surface area contributed by atoms with Crippen LogP contribution in [0.5, 0.6) is 0 Å². The van der Waals surface area contributed by atoms with Gasteiger partial charge in [-0.2, -0.15) is 0 Å². The van der Waals surface area contributed by atoms with E-state index in [1.54, 1.807) is 6.92 Å². The summed E-state index contributed by atoms with van der Waals surface area (Å²) < 4.78 is 26.6. The van der Waals surface area contributed by atoms with E-state index >= 15 is 0 Å². The maximum atomic E-state index is 13.5. The third-order valence-electron chi connectivity index (χ3n) is 2.81. The Bertz CT molecular complexity index is 647. The molecule has 1 nitrogen and oxygen atoms in total. The molecule has 0 saturated carbocycles. The van der Waals surface area contributed by atoms with Crippen LogP contribution in [0.2, 0.25) is 15.1 Å². The van der Waals surface area contributed by atoms with Crippen LogP contribution in [-0.2, 0) is 0 Å². The highest BCUT2D eigenvalue weighted by Gasteiger charge is 2.14. The van der Waals surface area contributed by atoms with Crippen molar-refractivity contribution in [3.05, 3.63) is 62.6 Å². The molecule has 20 heavy (non-hydrogen) atoms. The lowest BCUT2D eigenvalue weighted by molar-refractivity contribution is 0.624. The molecule has 2 aromatic carbocycles. The number of hydrogen-bond donors (Lipinski definition) is 1. The van der Waals surface area contributed by atoms with Crippen LogP contribution in [0.1, 0.15) is 18.5 Å². The summed E-state index contributed by atoms with van der Waals surface area (Å²) in [5.74, 6) is -1.04. The van der Waals surface area contributed by atoms with Crippen LogP contribution in [-0.4, -0.2) is 0 Å². The number of nitrogens with one attached hydrogen (secondary N) is 1. The van der Waals surface area contributed by atoms with Gasteiger partial charge in [-0.05, 0) is 42.8 Å². The molecule has 2 rings (SSSR count). The molecular weight excluding hydrogens is 327 g/mol. The molecule has 6 heteroatoms. The minimum atomic E-state index is -0.545. The summed E-state index contributed by atoms with van der Waals surface area (Å²) >= 11 is 17.4. The summed E-state index contributed by atoms with van der Waals surface area (Å²) in [4.78, 5) is 0. The van der Waals surface area contributed by atoms with Gasteiger partial charge in [0.2, 0.25) is 0 Å². The largest absolute Gasteiger partial charge is 0.378 e. The van der Waals surface area contributed by atoms with Gasteiger partial charge in [0.05, 0.1) is 16.1 Å². The van der Waals surface area contributed by atoms with Crippen molar-refractivity contribution in [3.8, 4) is 0 Å². The molecule has 1 atom stereocenters. The van der Waals surface area contributed by atoms with E-state index < -0.39 is 11.6 Å². The molecule has 0 radical (unpaired) electrons. The second-order valence-electron chi connectivity index (χ2n) is 4.28. The van der Waals surface area contributed by atoms with Gasteiger partial charge in [0.1, 0.15) is 11.6 Å². The van der Waals surface area contributed by atoms with Crippen LogP contribution in [0.15, 0.2) is 30.3 Å². The molecule has 2 aromatic rings. The highest BCUT2D eigenvalue weighted by Crippen LogP contribution is 2.31. The molecule has 0 bridgehead atoms. The van der Waals surface area contributed by atoms with Crippen molar-refractivity contribution in [1.82, 2.24) is 0 Å². The standard InChI is InChI=1S/C14H10Cl3F2N/c1-7(9-5-14(19)12(17)6-10(9)15)20-8-2-3-13(18)11(16)4-8/h2-7,20H,1H3. The molecule has 0 heterocycles. The molecule has 0 saturated heterocycles. The number of hydrogen-bond acceptors (Lipinski definition) is 1. The Morgan fingerprint density at radius 3 is 2.20 bits per heavy atom. The first-order chi connectivity index (χ1) is 9.38. The summed E-state index contributed by atoms with van der Waals surface area (Å²) in [6, 6.07) is 6.57. The van der Waals surface area contributed by atoms with Crippen LogP contribution < -0.4 is 5.32 Å². The Kier molecular flexibility index (Phi) is 4.74. The topological polar surface area (TPSA) is 12.0 Å². The minimum Gasteiger partial charge on any atom is -0.378 e. The lowest BCUT2D eigenvalue weighted by Gasteiger charge is -2.17. The van der Waals surface area contributed by atoms with Gasteiger partial charge >= 0.3 is 0 Å². The van der Waals surface area contributed by atoms with Gasteiger partial charge in [-0.25, -0.2) is 8.78 Å². The fourth-order valence-electron chi connectivity index (χ4n) is 1.78. The average Bonchev–Trinajstić information content (AvgIpc) is 2.38. The Morgan fingerprint density at radius 1 is 0.900 bits per heavy atom. The Morgan fingerprint density at radius 2 is 1.55 bits per heavy atom. The van der Waals surface area contributed by atoms with Crippen LogP contribution in [0, 0.1) is 11.6 Å². The number of rotatable bonds is 3. The molecule has 0 aromatic heterocycles. The zero-order valence-corrected chi connectivity index (χ0v) is 12.6. The molecular formula is C14H10Cl3F2N. The summed E-state index contributed by atoms with van der Waals surface area (Å²) in [6.45, 7) is 1.80. The molecule has 0 aliphatic carbocycles. The van der Waals surface area contributed by atoms with E-state index in [1.807, 2.05) is 0 Å². The van der Waals surface area contributed by atoms with Gasteiger partial charge in [0.25, 0.3) is 0 Å². The van der Waals surface area contributed by atoms with E-state index in [9.17, 15) is 8.78 Å². The van der Waals surface area contributed by atoms with Gasteiger partial charge in [-0.15, -0.1) is 0 Å². The van der Waals surface area contributed by atoms with Crippen molar-refractivity contribution in [1.29, 1.82) is 0 Å². The van der Waals surface area contributed by atoms with E-state index in [-0.39, 0.29) is 16.1 Å². The fraction of sp³-hybridized carbons (Fsp3) is 0.143. The van der Waals surface area contributed by atoms with Gasteiger partial charge in [-0.1, -0.05) is 34.8 Å². The predicted molar refractivity (Wildman–Crippen MR) is 79.9 cm³/mol. The van der Waals surface area contributed by atoms with Crippen molar-refractivity contribution in [3.63, 3.8) is 0 Å². The lowest BCUT2D eigenvalue weighted by atomic mass is 10.1. The molecule has 0 spiro atoms. The predicted octanol–water partition coefficient (Wildman–Crippen LogP) is 6.10. The second kappa shape index (κ2) is 6.17. The number of anilines is 1. The Hall–Kier alpha value is -1.03. The van der Waals surface area contributed by atoms with Gasteiger partial charge < -0.3 is 5.32 Å². The normalized spacial score (nSPS) is 12.3. The SMILES string of the molecule is CC(Nc1ccc(F)c(Cl)c1)c1cc(F)c(Cl)cc1Cl. The maximum absolute atomic E-state index is 13.5. The van der Waals surface area contributed by atoms with Crippen molar-refractivity contribution < 1.29 is 8.78 Å². The van der Waals surface area contributed by atoms with E-state index in [0.717, 1.165) is 0 Å². The van der Waals surface area contributed by atoms with Crippen molar-refractivity contribution >= 4 is 40.5 Å². The summed E-state index contributed by atoms with van der Waals surface area (Å²) in [6.07, 6.45) is 0. The van der Waals surface area contributed by atoms with E-state index in [1.165, 1.54) is 30.3 Å². The average molecular weight is 337 g/mol. The Balaban J connectivity index is 2.25. The van der Waals surface area contributed by atoms with Crippen LogP contribution in [0.4, 0.5) is 14.5 Å². The van der Waals surface area contributed by atoms with Gasteiger partial charge in [-0.3, -0.25) is 0 Å². The third kappa shape index (κ3) is 3.35. The number of halogens is 5. The number of benzene rings is 2. The molecule has 1 unspecified atom stereocenters. The first-order valence-electron chi connectivity index (χ1n) is 5.74. The quantitative estimate of drug-likeness (QED) is 0.668. The molecule has 0 amide bonds. The summed E-state index contributed by atoms with van der Waals surface area (Å²) in [5, 5.41) is 3.40. The smallest absolute Gasteiger partial charge is 0.142 e. The van der Waals surface area contributed by atoms with E-state index in [0.29, 0.717) is 16.3 Å². The maximum Gasteiger partial charge on any atom is 0.142 e. The molecule has 1 N–H and O–H groups in total. The first kappa shape index (κ1) is 15.4. The molecule has 0 aliphatic heterocycles. The molecule has 0 aliphatic rings.